The highest BCUT2D eigenvalue weighted by molar-refractivity contribution is 9.10. The molecule has 2 nitrogen and oxygen atoms in total. The quantitative estimate of drug-likeness (QED) is 0.820. The Morgan fingerprint density at radius 3 is 2.58 bits per heavy atom. The number of benzene rings is 2. The molecule has 0 unspecified atom stereocenters. The minimum Gasteiger partial charge on any atom is -0.389 e. The molecule has 0 aliphatic heterocycles. The van der Waals surface area contributed by atoms with E-state index in [-0.39, 0.29) is 5.82 Å². The Balaban J connectivity index is 2.42. The fourth-order valence-electron chi connectivity index (χ4n) is 1.71. The van der Waals surface area contributed by atoms with Gasteiger partial charge in [0.15, 0.2) is 0 Å². The van der Waals surface area contributed by atoms with Gasteiger partial charge in [0.25, 0.3) is 0 Å². The summed E-state index contributed by atoms with van der Waals surface area (Å²) in [6, 6.07) is 10.2. The monoisotopic (exact) mass is 338 g/mol. The molecule has 0 aliphatic rings. The highest BCUT2D eigenvalue weighted by Crippen LogP contribution is 2.28. The molecule has 0 saturated carbocycles. The van der Waals surface area contributed by atoms with Crippen LogP contribution in [0.15, 0.2) is 40.9 Å². The lowest BCUT2D eigenvalue weighted by molar-refractivity contribution is 0.627. The second kappa shape index (κ2) is 5.67. The van der Waals surface area contributed by atoms with E-state index in [9.17, 15) is 4.39 Å². The minimum absolute atomic E-state index is 0.295. The van der Waals surface area contributed by atoms with Gasteiger partial charge in [0.05, 0.1) is 5.69 Å². The van der Waals surface area contributed by atoms with E-state index in [1.807, 2.05) is 25.1 Å². The van der Waals surface area contributed by atoms with Crippen LogP contribution in [0.3, 0.4) is 0 Å². The maximum atomic E-state index is 13.1. The van der Waals surface area contributed by atoms with Crippen molar-refractivity contribution in [3.63, 3.8) is 0 Å². The second-order valence-electron chi connectivity index (χ2n) is 4.16. The summed E-state index contributed by atoms with van der Waals surface area (Å²) in [7, 11) is 0. The minimum atomic E-state index is -0.295. The summed E-state index contributed by atoms with van der Waals surface area (Å²) in [5, 5.41) is 3.21. The summed E-state index contributed by atoms with van der Waals surface area (Å²) in [6.45, 7) is 1.98. The van der Waals surface area contributed by atoms with Gasteiger partial charge in [0, 0.05) is 15.7 Å². The van der Waals surface area contributed by atoms with Crippen LogP contribution < -0.4 is 11.1 Å². The summed E-state index contributed by atoms with van der Waals surface area (Å²) in [5.41, 5.74) is 9.10. The maximum Gasteiger partial charge on any atom is 0.124 e. The lowest BCUT2D eigenvalue weighted by atomic mass is 10.1. The molecule has 98 valence electrons. The number of halogens is 2. The van der Waals surface area contributed by atoms with E-state index in [0.717, 1.165) is 22.5 Å². The zero-order valence-electron chi connectivity index (χ0n) is 10.2. The van der Waals surface area contributed by atoms with Gasteiger partial charge in [-0.25, -0.2) is 4.39 Å². The molecule has 0 aliphatic carbocycles. The zero-order valence-corrected chi connectivity index (χ0v) is 12.6. The summed E-state index contributed by atoms with van der Waals surface area (Å²) in [4.78, 5) is 0.320. The number of hydrogen-bond acceptors (Lipinski definition) is 2. The molecule has 3 N–H and O–H groups in total. The van der Waals surface area contributed by atoms with Crippen LogP contribution in [0.1, 0.15) is 11.1 Å². The topological polar surface area (TPSA) is 38.0 Å². The van der Waals surface area contributed by atoms with Crippen LogP contribution in [0.4, 0.5) is 15.8 Å². The van der Waals surface area contributed by atoms with Gasteiger partial charge in [-0.2, -0.15) is 0 Å². The molecule has 0 atom stereocenters. The van der Waals surface area contributed by atoms with Gasteiger partial charge < -0.3 is 11.1 Å². The van der Waals surface area contributed by atoms with Gasteiger partial charge >= 0.3 is 0 Å². The molecule has 19 heavy (non-hydrogen) atoms. The van der Waals surface area contributed by atoms with Gasteiger partial charge in [-0.15, -0.1) is 0 Å². The third-order valence-electron chi connectivity index (χ3n) is 2.64. The standard InChI is InChI=1S/C14H12BrFN2S/c1-8-2-4-10(14(17)19)13(6-8)18-12-5-3-9(16)7-11(12)15/h2-7,18H,1H3,(H2,17,19). The van der Waals surface area contributed by atoms with Crippen LogP contribution in [-0.2, 0) is 0 Å². The first kappa shape index (κ1) is 14.0. The fraction of sp³-hybridized carbons (Fsp3) is 0.0714. The number of hydrogen-bond donors (Lipinski definition) is 2. The predicted molar refractivity (Wildman–Crippen MR) is 84.4 cm³/mol. The average Bonchev–Trinajstić information content (AvgIpc) is 2.32. The van der Waals surface area contributed by atoms with E-state index >= 15 is 0 Å². The van der Waals surface area contributed by atoms with Crippen molar-refractivity contribution in [2.75, 3.05) is 5.32 Å². The molecular weight excluding hydrogens is 327 g/mol. The van der Waals surface area contributed by atoms with Crippen LogP contribution in [0, 0.1) is 12.7 Å². The third-order valence-corrected chi connectivity index (χ3v) is 3.52. The van der Waals surface area contributed by atoms with Crippen molar-refractivity contribution in [3.05, 3.63) is 57.8 Å². The van der Waals surface area contributed by atoms with Gasteiger partial charge in [-0.1, -0.05) is 18.3 Å². The number of aryl methyl sites for hydroxylation is 1. The maximum absolute atomic E-state index is 13.1. The Morgan fingerprint density at radius 2 is 1.95 bits per heavy atom. The van der Waals surface area contributed by atoms with Crippen molar-refractivity contribution in [3.8, 4) is 0 Å². The van der Waals surface area contributed by atoms with Crippen molar-refractivity contribution in [2.45, 2.75) is 6.92 Å². The van der Waals surface area contributed by atoms with E-state index in [2.05, 4.69) is 21.2 Å². The van der Waals surface area contributed by atoms with Crippen LogP contribution >= 0.6 is 28.1 Å². The molecule has 0 saturated heterocycles. The summed E-state index contributed by atoms with van der Waals surface area (Å²) >= 11 is 8.35. The molecular formula is C14H12BrFN2S. The molecule has 0 radical (unpaired) electrons. The van der Waals surface area contributed by atoms with E-state index in [0.29, 0.717) is 9.46 Å². The molecule has 5 heteroatoms. The van der Waals surface area contributed by atoms with Crippen LogP contribution in [0.5, 0.6) is 0 Å². The SMILES string of the molecule is Cc1ccc(C(N)=S)c(Nc2ccc(F)cc2Br)c1. The third kappa shape index (κ3) is 3.30. The van der Waals surface area contributed by atoms with Crippen molar-refractivity contribution >= 4 is 44.5 Å². The highest BCUT2D eigenvalue weighted by Gasteiger charge is 2.08. The molecule has 0 aromatic heterocycles. The highest BCUT2D eigenvalue weighted by atomic mass is 79.9. The van der Waals surface area contributed by atoms with Gasteiger partial charge in [-0.05, 0) is 58.7 Å². The van der Waals surface area contributed by atoms with Crippen LogP contribution in [0.25, 0.3) is 0 Å². The van der Waals surface area contributed by atoms with E-state index in [4.69, 9.17) is 18.0 Å². The van der Waals surface area contributed by atoms with Crippen LogP contribution in [-0.4, -0.2) is 4.99 Å². The van der Waals surface area contributed by atoms with Crippen molar-refractivity contribution in [1.82, 2.24) is 0 Å². The Hall–Kier alpha value is -1.46. The Morgan fingerprint density at radius 1 is 1.21 bits per heavy atom. The second-order valence-corrected chi connectivity index (χ2v) is 5.46. The van der Waals surface area contributed by atoms with E-state index in [1.54, 1.807) is 6.07 Å². The molecule has 2 rings (SSSR count). The molecule has 0 fully saturated rings. The number of rotatable bonds is 3. The zero-order chi connectivity index (χ0) is 14.0. The largest absolute Gasteiger partial charge is 0.389 e. The molecule has 0 amide bonds. The lowest BCUT2D eigenvalue weighted by Gasteiger charge is -2.13. The summed E-state index contributed by atoms with van der Waals surface area (Å²) < 4.78 is 13.7. The first-order valence-corrected chi connectivity index (χ1v) is 6.80. The molecule has 2 aromatic carbocycles. The Kier molecular flexibility index (Phi) is 4.17. The number of thiocarbonyl (C=S) groups is 1. The van der Waals surface area contributed by atoms with E-state index in [1.165, 1.54) is 12.1 Å². The number of nitrogens with one attached hydrogen (secondary N) is 1. The fourth-order valence-corrected chi connectivity index (χ4v) is 2.34. The Bertz CT molecular complexity index is 643. The van der Waals surface area contributed by atoms with Gasteiger partial charge in [-0.3, -0.25) is 0 Å². The number of anilines is 2. The summed E-state index contributed by atoms with van der Waals surface area (Å²) in [6.07, 6.45) is 0. The molecule has 0 spiro atoms. The molecule has 0 bridgehead atoms. The molecule has 0 heterocycles. The van der Waals surface area contributed by atoms with Crippen molar-refractivity contribution < 1.29 is 4.39 Å². The van der Waals surface area contributed by atoms with E-state index < -0.39 is 0 Å². The first-order valence-electron chi connectivity index (χ1n) is 5.60. The van der Waals surface area contributed by atoms with Gasteiger partial charge in [0.1, 0.15) is 10.8 Å². The van der Waals surface area contributed by atoms with Crippen molar-refractivity contribution in [1.29, 1.82) is 0 Å². The first-order chi connectivity index (χ1) is 8.97. The smallest absolute Gasteiger partial charge is 0.124 e. The Labute approximate surface area is 124 Å². The number of nitrogens with two attached hydrogens (primary N) is 1. The van der Waals surface area contributed by atoms with Crippen molar-refractivity contribution in [2.24, 2.45) is 5.73 Å². The predicted octanol–water partition coefficient (Wildman–Crippen LogP) is 4.27. The van der Waals surface area contributed by atoms with Gasteiger partial charge in [0.2, 0.25) is 0 Å². The summed E-state index contributed by atoms with van der Waals surface area (Å²) in [5.74, 6) is -0.295. The normalized spacial score (nSPS) is 10.3. The average molecular weight is 339 g/mol. The van der Waals surface area contributed by atoms with Crippen LogP contribution in [0.2, 0.25) is 0 Å². The lowest BCUT2D eigenvalue weighted by Crippen LogP contribution is -2.12. The molecule has 2 aromatic rings.